The Hall–Kier alpha value is -5.18. The van der Waals surface area contributed by atoms with Crippen molar-refractivity contribution in [2.75, 3.05) is 51.8 Å². The molecule has 1 fully saturated rings. The van der Waals surface area contributed by atoms with Gasteiger partial charge >= 0.3 is 5.91 Å². The largest absolute Gasteiger partial charge is 0.482 e. The minimum Gasteiger partial charge on any atom is -0.482 e. The summed E-state index contributed by atoms with van der Waals surface area (Å²) in [6.45, 7) is 14.6. The molecule has 1 aromatic carbocycles. The van der Waals surface area contributed by atoms with E-state index in [1.165, 1.54) is 13.1 Å². The molecule has 4 heterocycles. The molecule has 48 heavy (non-hydrogen) atoms. The van der Waals surface area contributed by atoms with Gasteiger partial charge < -0.3 is 20.1 Å². The number of nitrogens with zero attached hydrogens (tertiary/aromatic N) is 4. The molecule has 5 rings (SSSR count). The van der Waals surface area contributed by atoms with E-state index in [1.54, 1.807) is 36.0 Å². The van der Waals surface area contributed by atoms with Gasteiger partial charge in [-0.25, -0.2) is 9.78 Å². The van der Waals surface area contributed by atoms with Gasteiger partial charge in [0.25, 0.3) is 11.8 Å². The zero-order chi connectivity index (χ0) is 34.4. The molecule has 11 heteroatoms. The molecular formula is C37H41N6O5+. The Balaban J connectivity index is 1.40. The van der Waals surface area contributed by atoms with E-state index in [2.05, 4.69) is 43.9 Å². The number of carbonyl (C=O) groups is 3. The fraction of sp³-hybridized carbons (Fsp3) is 0.351. The van der Waals surface area contributed by atoms with Gasteiger partial charge in [-0.05, 0) is 61.7 Å². The van der Waals surface area contributed by atoms with Crippen LogP contribution in [0.2, 0.25) is 0 Å². The number of hydrogen-bond donors (Lipinski definition) is 2. The average Bonchev–Trinajstić information content (AvgIpc) is 3.04. The molecule has 2 aliphatic rings. The molecule has 3 aromatic rings. The summed E-state index contributed by atoms with van der Waals surface area (Å²) in [5, 5.41) is 5.56. The second kappa shape index (κ2) is 15.2. The summed E-state index contributed by atoms with van der Waals surface area (Å²) in [7, 11) is 1.53. The van der Waals surface area contributed by atoms with Gasteiger partial charge in [-0.2, -0.15) is 4.58 Å². The molecule has 0 spiro atoms. The third kappa shape index (κ3) is 8.02. The summed E-state index contributed by atoms with van der Waals surface area (Å²) in [5.74, 6) is 6.33. The average molecular weight is 650 g/mol. The fourth-order valence-corrected chi connectivity index (χ4v) is 5.52. The lowest BCUT2D eigenvalue weighted by Crippen LogP contribution is -2.47. The van der Waals surface area contributed by atoms with Gasteiger partial charge in [-0.3, -0.25) is 19.5 Å². The smallest absolute Gasteiger partial charge is 0.411 e. The van der Waals surface area contributed by atoms with Crippen LogP contribution in [0.15, 0.2) is 55.4 Å². The van der Waals surface area contributed by atoms with Crippen molar-refractivity contribution in [3.05, 3.63) is 94.5 Å². The van der Waals surface area contributed by atoms with Gasteiger partial charge in [0.2, 0.25) is 0 Å². The van der Waals surface area contributed by atoms with Crippen molar-refractivity contribution in [3.63, 3.8) is 0 Å². The standard InChI is InChI=1S/C37H40N6O5/c1-7-34(44)43-13-12-42(19-26(43)5)20-33(31-11-8-23(2)17-39-31)48-32-15-24(3)29(16-30(32)36(45)38-6)37(46)41-35-25(4)14-27(18-40-35)9-10-28-21-47-22-28/h7-8,11,14-18,28,33H,1,12-13,19-22H2,2-6H3,(H-,38,40,41,45,46)/p+1/t33-/m1/s1. The maximum atomic E-state index is 13.6. The number of benzene rings is 1. The van der Waals surface area contributed by atoms with Crippen molar-refractivity contribution in [1.29, 1.82) is 0 Å². The van der Waals surface area contributed by atoms with Crippen molar-refractivity contribution in [3.8, 4) is 17.6 Å². The number of ether oxygens (including phenoxy) is 2. The summed E-state index contributed by atoms with van der Waals surface area (Å²) < 4.78 is 13.5. The molecule has 0 saturated carbocycles. The van der Waals surface area contributed by atoms with Crippen molar-refractivity contribution in [2.45, 2.75) is 33.8 Å². The molecule has 0 unspecified atom stereocenters. The molecule has 1 atom stereocenters. The lowest BCUT2D eigenvalue weighted by molar-refractivity contribution is -0.451. The number of anilines is 1. The van der Waals surface area contributed by atoms with Crippen molar-refractivity contribution in [2.24, 2.45) is 5.92 Å². The van der Waals surface area contributed by atoms with Crippen LogP contribution in [-0.4, -0.2) is 89.3 Å². The summed E-state index contributed by atoms with van der Waals surface area (Å²) in [6.07, 6.45) is 4.18. The molecule has 0 aliphatic carbocycles. The maximum Gasteiger partial charge on any atom is 0.411 e. The van der Waals surface area contributed by atoms with E-state index in [4.69, 9.17) is 9.47 Å². The van der Waals surface area contributed by atoms with Crippen molar-refractivity contribution >= 4 is 29.3 Å². The van der Waals surface area contributed by atoms with Gasteiger partial charge in [-0.15, -0.1) is 0 Å². The first kappa shape index (κ1) is 34.2. The van der Waals surface area contributed by atoms with E-state index < -0.39 is 17.9 Å². The second-order valence-corrected chi connectivity index (χ2v) is 12.1. The predicted octanol–water partition coefficient (Wildman–Crippen LogP) is 3.63. The third-order valence-electron chi connectivity index (χ3n) is 8.36. The van der Waals surface area contributed by atoms with Crippen LogP contribution in [0, 0.1) is 38.5 Å². The SMILES string of the molecule is C=CC(=O)[N+]1=C(C)CN(C[C@@H](Oc2cc(C)c(C(=O)Nc3ncc(C#CC4COC4)cc3C)cc2C(=O)NC)c2ccc(C)cn2)CC1. The number of carbonyl (C=O) groups excluding carboxylic acids is 3. The molecule has 0 bridgehead atoms. The van der Waals surface area contributed by atoms with Crippen LogP contribution in [0.4, 0.5) is 5.82 Å². The van der Waals surface area contributed by atoms with Crippen LogP contribution in [-0.2, 0) is 9.53 Å². The van der Waals surface area contributed by atoms with Crippen LogP contribution in [0.5, 0.6) is 5.75 Å². The second-order valence-electron chi connectivity index (χ2n) is 12.1. The highest BCUT2D eigenvalue weighted by Gasteiger charge is 2.30. The Labute approximate surface area is 281 Å². The minimum atomic E-state index is -0.548. The summed E-state index contributed by atoms with van der Waals surface area (Å²) in [4.78, 5) is 50.3. The van der Waals surface area contributed by atoms with Gasteiger partial charge in [0.15, 0.2) is 18.4 Å². The first-order chi connectivity index (χ1) is 23.1. The Bertz CT molecular complexity index is 1840. The minimum absolute atomic E-state index is 0.123. The molecular weight excluding hydrogens is 608 g/mol. The third-order valence-corrected chi connectivity index (χ3v) is 8.36. The van der Waals surface area contributed by atoms with E-state index in [1.807, 2.05) is 39.0 Å². The fourth-order valence-electron chi connectivity index (χ4n) is 5.52. The van der Waals surface area contributed by atoms with Crippen LogP contribution in [0.1, 0.15) is 61.7 Å². The predicted molar refractivity (Wildman–Crippen MR) is 182 cm³/mol. The number of aryl methyl sites for hydroxylation is 3. The summed E-state index contributed by atoms with van der Waals surface area (Å²) >= 11 is 0. The Morgan fingerprint density at radius 3 is 2.50 bits per heavy atom. The Morgan fingerprint density at radius 1 is 1.08 bits per heavy atom. The Kier molecular flexibility index (Phi) is 10.8. The van der Waals surface area contributed by atoms with Crippen LogP contribution < -0.4 is 15.4 Å². The number of amides is 3. The van der Waals surface area contributed by atoms with E-state index in [9.17, 15) is 14.4 Å². The number of rotatable bonds is 9. The number of hydrogen-bond acceptors (Lipinski definition) is 8. The van der Waals surface area contributed by atoms with E-state index in [-0.39, 0.29) is 17.4 Å². The molecule has 1 saturated heterocycles. The molecule has 3 amide bonds. The molecule has 248 valence electrons. The van der Waals surface area contributed by atoms with Crippen LogP contribution >= 0.6 is 0 Å². The lowest BCUT2D eigenvalue weighted by Gasteiger charge is -2.29. The van der Waals surface area contributed by atoms with E-state index in [0.717, 1.165) is 22.4 Å². The quantitative estimate of drug-likeness (QED) is 0.205. The normalized spacial score (nSPS) is 15.4. The lowest BCUT2D eigenvalue weighted by atomic mass is 10.0. The summed E-state index contributed by atoms with van der Waals surface area (Å²) in [5.41, 5.74) is 5.28. The Morgan fingerprint density at radius 2 is 1.88 bits per heavy atom. The molecule has 2 N–H and O–H groups in total. The highest BCUT2D eigenvalue weighted by atomic mass is 16.5. The first-order valence-electron chi connectivity index (χ1n) is 15.9. The van der Waals surface area contributed by atoms with Crippen LogP contribution in [0.25, 0.3) is 0 Å². The van der Waals surface area contributed by atoms with E-state index >= 15 is 0 Å². The molecule has 11 nitrogen and oxygen atoms in total. The molecule has 2 aromatic heterocycles. The van der Waals surface area contributed by atoms with Gasteiger partial charge in [0.05, 0.1) is 43.5 Å². The molecule has 2 aliphatic heterocycles. The van der Waals surface area contributed by atoms with Gasteiger partial charge in [0, 0.05) is 50.1 Å². The highest BCUT2D eigenvalue weighted by molar-refractivity contribution is 6.07. The zero-order valence-electron chi connectivity index (χ0n) is 28.1. The van der Waals surface area contributed by atoms with Gasteiger partial charge in [0.1, 0.15) is 11.6 Å². The zero-order valence-corrected chi connectivity index (χ0v) is 28.1. The monoisotopic (exact) mass is 649 g/mol. The van der Waals surface area contributed by atoms with Crippen LogP contribution in [0.3, 0.4) is 0 Å². The number of nitrogens with one attached hydrogen (secondary N) is 2. The number of pyridine rings is 2. The van der Waals surface area contributed by atoms with E-state index in [0.29, 0.717) is 67.8 Å². The van der Waals surface area contributed by atoms with Crippen molar-refractivity contribution < 1.29 is 28.4 Å². The maximum absolute atomic E-state index is 13.6. The summed E-state index contributed by atoms with van der Waals surface area (Å²) in [6, 6.07) is 9.02. The molecule has 0 radical (unpaired) electrons. The topological polar surface area (TPSA) is 126 Å². The highest BCUT2D eigenvalue weighted by Crippen LogP contribution is 2.30. The van der Waals surface area contributed by atoms with Gasteiger partial charge in [-0.1, -0.05) is 24.5 Å². The first-order valence-corrected chi connectivity index (χ1v) is 15.9. The number of aromatic nitrogens is 2. The van der Waals surface area contributed by atoms with Crippen molar-refractivity contribution in [1.82, 2.24) is 20.2 Å².